The van der Waals surface area contributed by atoms with Gasteiger partial charge in [-0.05, 0) is 30.7 Å². The lowest BCUT2D eigenvalue weighted by Gasteiger charge is -2.13. The van der Waals surface area contributed by atoms with E-state index in [1.54, 1.807) is 24.3 Å². The number of carbonyl (C=O) groups is 4. The van der Waals surface area contributed by atoms with Gasteiger partial charge in [0.1, 0.15) is 11.8 Å². The Balaban J connectivity index is 2.49. The first-order valence-corrected chi connectivity index (χ1v) is 7.24. The summed E-state index contributed by atoms with van der Waals surface area (Å²) in [7, 11) is 1.50. The number of carbonyl (C=O) groups excluding carboxylic acids is 2. The Morgan fingerprint density at radius 1 is 1.04 bits per heavy atom. The number of methoxy groups -OCH3 is 1. The molecule has 1 aromatic carbocycles. The Kier molecular flexibility index (Phi) is 7.41. The van der Waals surface area contributed by atoms with Gasteiger partial charge in [0.25, 0.3) is 0 Å². The van der Waals surface area contributed by atoms with E-state index in [2.05, 4.69) is 5.32 Å². The quantitative estimate of drug-likeness (QED) is 0.545. The summed E-state index contributed by atoms with van der Waals surface area (Å²) in [5.74, 6) is -2.73. The molecule has 0 spiro atoms. The number of benzene rings is 1. The lowest BCUT2D eigenvalue weighted by atomic mass is 10.1. The molecule has 8 nitrogen and oxygen atoms in total. The van der Waals surface area contributed by atoms with Gasteiger partial charge in [0.05, 0.1) is 7.11 Å². The van der Waals surface area contributed by atoms with E-state index in [1.807, 2.05) is 0 Å². The molecule has 3 N–H and O–H groups in total. The number of carboxylic acid groups (broad SMARTS) is 2. The number of hydrogen-bond acceptors (Lipinski definition) is 5. The van der Waals surface area contributed by atoms with E-state index >= 15 is 0 Å². The van der Waals surface area contributed by atoms with Gasteiger partial charge in [-0.25, -0.2) is 4.79 Å². The molecule has 0 aliphatic rings. The van der Waals surface area contributed by atoms with Gasteiger partial charge in [-0.1, -0.05) is 0 Å². The molecule has 0 saturated heterocycles. The molecular weight excluding hydrogens is 318 g/mol. The molecule has 24 heavy (non-hydrogen) atoms. The molecule has 8 heteroatoms. The van der Waals surface area contributed by atoms with Crippen molar-refractivity contribution >= 4 is 23.6 Å². The molecule has 0 fully saturated rings. The van der Waals surface area contributed by atoms with Crippen LogP contribution in [0.15, 0.2) is 24.3 Å². The number of ether oxygens (including phenoxy) is 1. The number of Topliss-reactive ketones (excluding diaryl/α,β-unsaturated/α-hetero) is 1. The number of nitrogens with one attached hydrogen (secondary N) is 1. The second-order valence-electron chi connectivity index (χ2n) is 5.04. The summed E-state index contributed by atoms with van der Waals surface area (Å²) < 4.78 is 4.98. The number of rotatable bonds is 10. The third-order valence-electron chi connectivity index (χ3n) is 3.27. The Morgan fingerprint density at radius 3 is 2.17 bits per heavy atom. The summed E-state index contributed by atoms with van der Waals surface area (Å²) in [5.41, 5.74) is 0.421. The van der Waals surface area contributed by atoms with E-state index in [1.165, 1.54) is 7.11 Å². The smallest absolute Gasteiger partial charge is 0.326 e. The maximum Gasteiger partial charge on any atom is 0.326 e. The normalized spacial score (nSPS) is 11.4. The summed E-state index contributed by atoms with van der Waals surface area (Å²) in [6, 6.07) is 5.11. The fraction of sp³-hybridized carbons (Fsp3) is 0.375. The molecule has 1 aromatic rings. The number of hydrogen-bond donors (Lipinski definition) is 3. The molecule has 0 heterocycles. The molecular formula is C16H19NO7. The fourth-order valence-corrected chi connectivity index (χ4v) is 1.94. The van der Waals surface area contributed by atoms with E-state index in [0.717, 1.165) is 0 Å². The second-order valence-corrected chi connectivity index (χ2v) is 5.04. The molecule has 0 aliphatic carbocycles. The number of ketones is 1. The molecule has 1 rings (SSSR count). The van der Waals surface area contributed by atoms with Crippen molar-refractivity contribution in [2.45, 2.75) is 31.7 Å². The van der Waals surface area contributed by atoms with Gasteiger partial charge >= 0.3 is 11.9 Å². The molecule has 0 bridgehead atoms. The van der Waals surface area contributed by atoms with E-state index in [4.69, 9.17) is 14.9 Å². The van der Waals surface area contributed by atoms with Crippen LogP contribution in [0.4, 0.5) is 0 Å². The molecule has 130 valence electrons. The van der Waals surface area contributed by atoms with Crippen LogP contribution >= 0.6 is 0 Å². The van der Waals surface area contributed by atoms with Crippen molar-refractivity contribution in [1.29, 1.82) is 0 Å². The molecule has 0 saturated carbocycles. The van der Waals surface area contributed by atoms with Crippen molar-refractivity contribution < 1.29 is 34.1 Å². The van der Waals surface area contributed by atoms with Crippen LogP contribution in [0.3, 0.4) is 0 Å². The van der Waals surface area contributed by atoms with Crippen LogP contribution in [0.2, 0.25) is 0 Å². The van der Waals surface area contributed by atoms with E-state index in [9.17, 15) is 19.2 Å². The first kappa shape index (κ1) is 19.1. The lowest BCUT2D eigenvalue weighted by Crippen LogP contribution is -2.41. The molecule has 0 radical (unpaired) electrons. The van der Waals surface area contributed by atoms with Gasteiger partial charge in [-0.3, -0.25) is 14.4 Å². The summed E-state index contributed by atoms with van der Waals surface area (Å²) in [6.45, 7) is 0. The monoisotopic (exact) mass is 337 g/mol. The molecule has 1 amide bonds. The minimum absolute atomic E-state index is 0.0799. The highest BCUT2D eigenvalue weighted by molar-refractivity contribution is 5.98. The SMILES string of the molecule is COc1ccc(C(=O)CCC(=O)N[C@@H](CCC(=O)O)C(=O)O)cc1. The van der Waals surface area contributed by atoms with Crippen molar-refractivity contribution in [3.8, 4) is 5.75 Å². The highest BCUT2D eigenvalue weighted by atomic mass is 16.5. The van der Waals surface area contributed by atoms with Crippen LogP contribution in [0.25, 0.3) is 0 Å². The predicted octanol–water partition coefficient (Wildman–Crippen LogP) is 1.09. The van der Waals surface area contributed by atoms with Gasteiger partial charge < -0.3 is 20.3 Å². The van der Waals surface area contributed by atoms with Crippen LogP contribution < -0.4 is 10.1 Å². The summed E-state index contributed by atoms with van der Waals surface area (Å²) >= 11 is 0. The summed E-state index contributed by atoms with van der Waals surface area (Å²) in [6.07, 6.45) is -0.851. The standard InChI is InChI=1S/C16H19NO7/c1-24-11-4-2-10(3-5-11)13(18)7-8-14(19)17-12(16(22)23)6-9-15(20)21/h2-5,12H,6-9H2,1H3,(H,17,19)(H,20,21)(H,22,23)/t12-/m0/s1. The third-order valence-corrected chi connectivity index (χ3v) is 3.27. The summed E-state index contributed by atoms with van der Waals surface area (Å²) in [5, 5.41) is 19.7. The van der Waals surface area contributed by atoms with Crippen molar-refractivity contribution in [3.63, 3.8) is 0 Å². The third kappa shape index (κ3) is 6.47. The minimum Gasteiger partial charge on any atom is -0.497 e. The van der Waals surface area contributed by atoms with Gasteiger partial charge in [-0.15, -0.1) is 0 Å². The predicted molar refractivity (Wildman–Crippen MR) is 83.0 cm³/mol. The maximum absolute atomic E-state index is 12.0. The second kappa shape index (κ2) is 9.29. The van der Waals surface area contributed by atoms with Crippen molar-refractivity contribution in [1.82, 2.24) is 5.32 Å². The van der Waals surface area contributed by atoms with E-state index in [-0.39, 0.29) is 31.5 Å². The summed E-state index contributed by atoms with van der Waals surface area (Å²) in [4.78, 5) is 45.2. The van der Waals surface area contributed by atoms with Gasteiger partial charge in [0.2, 0.25) is 5.91 Å². The van der Waals surface area contributed by atoms with E-state index in [0.29, 0.717) is 11.3 Å². The zero-order chi connectivity index (χ0) is 18.1. The molecule has 0 unspecified atom stereocenters. The molecule has 1 atom stereocenters. The molecule has 0 aliphatic heterocycles. The van der Waals surface area contributed by atoms with Crippen molar-refractivity contribution in [3.05, 3.63) is 29.8 Å². The average molecular weight is 337 g/mol. The van der Waals surface area contributed by atoms with Crippen LogP contribution in [0, 0.1) is 0 Å². The fourth-order valence-electron chi connectivity index (χ4n) is 1.94. The average Bonchev–Trinajstić information content (AvgIpc) is 2.56. The van der Waals surface area contributed by atoms with Gasteiger partial charge in [-0.2, -0.15) is 0 Å². The highest BCUT2D eigenvalue weighted by Gasteiger charge is 2.21. The Bertz CT molecular complexity index is 609. The maximum atomic E-state index is 12.0. The first-order chi connectivity index (χ1) is 11.3. The van der Waals surface area contributed by atoms with Crippen molar-refractivity contribution in [2.24, 2.45) is 0 Å². The van der Waals surface area contributed by atoms with Crippen LogP contribution in [0.5, 0.6) is 5.75 Å². The molecule has 0 aromatic heterocycles. The van der Waals surface area contributed by atoms with Crippen LogP contribution in [-0.4, -0.2) is 47.0 Å². The largest absolute Gasteiger partial charge is 0.497 e. The minimum atomic E-state index is -1.31. The zero-order valence-corrected chi connectivity index (χ0v) is 13.2. The lowest BCUT2D eigenvalue weighted by molar-refractivity contribution is -0.143. The number of amides is 1. The number of carboxylic acids is 2. The van der Waals surface area contributed by atoms with Gasteiger partial charge in [0.15, 0.2) is 5.78 Å². The van der Waals surface area contributed by atoms with E-state index < -0.39 is 23.9 Å². The van der Waals surface area contributed by atoms with Crippen LogP contribution in [-0.2, 0) is 14.4 Å². The Hall–Kier alpha value is -2.90. The zero-order valence-electron chi connectivity index (χ0n) is 13.2. The Morgan fingerprint density at radius 2 is 1.67 bits per heavy atom. The highest BCUT2D eigenvalue weighted by Crippen LogP contribution is 2.13. The van der Waals surface area contributed by atoms with Crippen molar-refractivity contribution in [2.75, 3.05) is 7.11 Å². The first-order valence-electron chi connectivity index (χ1n) is 7.24. The Labute approximate surface area is 138 Å². The topological polar surface area (TPSA) is 130 Å². The number of aliphatic carboxylic acids is 2. The van der Waals surface area contributed by atoms with Crippen LogP contribution in [0.1, 0.15) is 36.0 Å². The van der Waals surface area contributed by atoms with Gasteiger partial charge in [0, 0.05) is 24.8 Å².